The number of hydrogen-bond donors (Lipinski definition) is 11. The van der Waals surface area contributed by atoms with Crippen LogP contribution in [-0.4, -0.2) is 146 Å². The smallest absolute Gasteiger partial charge is 0.335 e. The number of fused-ring (bicyclic) bond motifs is 10. The van der Waals surface area contributed by atoms with Gasteiger partial charge in [0.05, 0.1) is 39.8 Å². The minimum absolute atomic E-state index is 0.00531. The molecule has 0 aliphatic carbocycles. The van der Waals surface area contributed by atoms with E-state index in [2.05, 4.69) is 10.4 Å². The van der Waals surface area contributed by atoms with Crippen LogP contribution in [0.3, 0.4) is 0 Å². The van der Waals surface area contributed by atoms with Crippen LogP contribution >= 0.6 is 0 Å². The van der Waals surface area contributed by atoms with Crippen LogP contribution in [0, 0.1) is 0 Å². The van der Waals surface area contributed by atoms with Gasteiger partial charge in [-0.1, -0.05) is 24.3 Å². The zero-order valence-corrected chi connectivity index (χ0v) is 26.8. The van der Waals surface area contributed by atoms with Gasteiger partial charge in [-0.05, 0) is 12.1 Å². The molecule has 2 saturated heterocycles. The summed E-state index contributed by atoms with van der Waals surface area (Å²) in [7, 11) is 0. The zero-order valence-electron chi connectivity index (χ0n) is 26.8. The number of aromatic hydroxyl groups is 1. The zero-order chi connectivity index (χ0) is 37.8. The maximum absolute atomic E-state index is 14.0. The molecule has 0 radical (unpaired) electrons. The van der Waals surface area contributed by atoms with Gasteiger partial charge in [0.25, 0.3) is 11.8 Å². The molecule has 8 rings (SSSR count). The van der Waals surface area contributed by atoms with E-state index < -0.39 is 91.5 Å². The minimum Gasteiger partial charge on any atom is -0.506 e. The Kier molecular flexibility index (Phi) is 8.06. The molecule has 2 aromatic heterocycles. The lowest BCUT2D eigenvalue weighted by atomic mass is 9.96. The van der Waals surface area contributed by atoms with Gasteiger partial charge in [0, 0.05) is 21.5 Å². The topological polar surface area (TPSA) is 314 Å². The molecule has 5 heterocycles. The van der Waals surface area contributed by atoms with E-state index in [-0.39, 0.29) is 66.9 Å². The molecule has 11 N–H and O–H groups in total. The molecule has 3 aromatic carbocycles. The maximum Gasteiger partial charge on any atom is 0.335 e. The number of aromatic amines is 1. The number of aromatic nitrogens is 2. The molecular weight excluding hydrogens is 708 g/mol. The van der Waals surface area contributed by atoms with Crippen molar-refractivity contribution >= 4 is 67.8 Å². The molecule has 3 aliphatic rings. The Morgan fingerprint density at radius 3 is 2.17 bits per heavy atom. The molecule has 5 aromatic rings. The molecule has 53 heavy (non-hydrogen) atoms. The number of phenolic OH excluding ortho intramolecular Hbond substituents is 1. The molecule has 0 unspecified atom stereocenters. The summed E-state index contributed by atoms with van der Waals surface area (Å²) < 4.78 is 18.4. The van der Waals surface area contributed by atoms with Crippen molar-refractivity contribution in [3.8, 4) is 11.5 Å². The van der Waals surface area contributed by atoms with Crippen LogP contribution in [0.2, 0.25) is 0 Å². The third-order valence-electron chi connectivity index (χ3n) is 9.98. The molecule has 278 valence electrons. The van der Waals surface area contributed by atoms with E-state index in [1.807, 2.05) is 0 Å². The fraction of sp³-hybridized carbons (Fsp3) is 0.333. The largest absolute Gasteiger partial charge is 0.506 e. The lowest BCUT2D eigenvalue weighted by molar-refractivity contribution is -0.270. The second-order valence-electron chi connectivity index (χ2n) is 12.8. The van der Waals surface area contributed by atoms with Crippen molar-refractivity contribution in [2.75, 3.05) is 6.61 Å². The SMILES string of the molecule is O=CNN1C(=O)c2c(c3c4cccc(O)c4n([C@@H]4O[C@H](CO)[C@@H](O)[C@H](O)[C@H]4O)c3c3[nH]c4c(O[C@@H]5O[C@H](C(=O)O)[C@@H](O)[C@H](O)[C@H]5O)cccc4c23)C1=O. The summed E-state index contributed by atoms with van der Waals surface area (Å²) in [6, 6.07) is 8.54. The number of rotatable bonds is 7. The molecule has 0 saturated carbocycles. The van der Waals surface area contributed by atoms with Crippen molar-refractivity contribution in [1.29, 1.82) is 0 Å². The number of hydrazine groups is 1. The Bertz CT molecular complexity index is 2370. The van der Waals surface area contributed by atoms with Crippen LogP contribution in [0.4, 0.5) is 0 Å². The van der Waals surface area contributed by atoms with Gasteiger partial charge in [0.1, 0.15) is 54.2 Å². The standard InChI is InChI=1S/C33H30N4O16/c38-7-13-22(41)23(42)26(45)31(51-13)36-20-10(4-1-5-11(20)40)15-17-16(29(47)37(30(17)48)34-8-39)14-9-3-2-6-12(18(9)35-19(14)21(15)36)52-33-27(46)24(43)25(44)28(53-33)32(49)50/h1-6,8,13,22-28,31,33,35,38,40-46H,7H2,(H,34,39)(H,49,50)/t13-,22-,23+,24+,25+,26-,27-,28+,31-,33-/m1/s1. The molecule has 3 aliphatic heterocycles. The number of imide groups is 1. The molecule has 10 atom stereocenters. The van der Waals surface area contributed by atoms with E-state index in [1.54, 1.807) is 0 Å². The number of carboxylic acid groups (broad SMARTS) is 1. The Labute approximate surface area is 294 Å². The Balaban J connectivity index is 1.46. The highest BCUT2D eigenvalue weighted by molar-refractivity contribution is 6.39. The number of phenols is 1. The first-order valence-corrected chi connectivity index (χ1v) is 16.1. The van der Waals surface area contributed by atoms with Crippen molar-refractivity contribution in [3.63, 3.8) is 0 Å². The first-order valence-electron chi connectivity index (χ1n) is 16.1. The molecule has 0 spiro atoms. The summed E-state index contributed by atoms with van der Waals surface area (Å²) in [6.07, 6.45) is -18.3. The summed E-state index contributed by atoms with van der Waals surface area (Å²) >= 11 is 0. The number of nitrogens with zero attached hydrogens (tertiary/aromatic N) is 2. The highest BCUT2D eigenvalue weighted by Gasteiger charge is 2.50. The fourth-order valence-electron chi connectivity index (χ4n) is 7.56. The Morgan fingerprint density at radius 2 is 1.49 bits per heavy atom. The summed E-state index contributed by atoms with van der Waals surface area (Å²) in [5.74, 6) is -4.14. The number of ether oxygens (including phenoxy) is 3. The van der Waals surface area contributed by atoms with Crippen LogP contribution in [0.1, 0.15) is 26.9 Å². The van der Waals surface area contributed by atoms with E-state index in [9.17, 15) is 65.1 Å². The summed E-state index contributed by atoms with van der Waals surface area (Å²) in [5, 5.41) is 95.6. The van der Waals surface area contributed by atoms with E-state index in [1.165, 1.54) is 41.0 Å². The highest BCUT2D eigenvalue weighted by Crippen LogP contribution is 2.49. The van der Waals surface area contributed by atoms with Crippen molar-refractivity contribution in [2.45, 2.75) is 61.3 Å². The van der Waals surface area contributed by atoms with E-state index in [0.717, 1.165) is 0 Å². The number of carbonyl (C=O) groups is 4. The van der Waals surface area contributed by atoms with Gasteiger partial charge >= 0.3 is 5.97 Å². The second-order valence-corrected chi connectivity index (χ2v) is 12.8. The van der Waals surface area contributed by atoms with Crippen molar-refractivity contribution < 1.29 is 79.3 Å². The van der Waals surface area contributed by atoms with Gasteiger partial charge in [-0.3, -0.25) is 19.8 Å². The van der Waals surface area contributed by atoms with Crippen molar-refractivity contribution in [3.05, 3.63) is 47.5 Å². The number of aliphatic hydroxyl groups is 7. The van der Waals surface area contributed by atoms with Crippen LogP contribution in [0.5, 0.6) is 11.5 Å². The molecule has 0 bridgehead atoms. The summed E-state index contributed by atoms with van der Waals surface area (Å²) in [6.45, 7) is -0.800. The number of nitrogens with one attached hydrogen (secondary N) is 2. The lowest BCUT2D eigenvalue weighted by Crippen LogP contribution is -2.61. The van der Waals surface area contributed by atoms with E-state index >= 15 is 0 Å². The Hall–Kier alpha value is -5.42. The Morgan fingerprint density at radius 1 is 0.830 bits per heavy atom. The van der Waals surface area contributed by atoms with Crippen molar-refractivity contribution in [1.82, 2.24) is 20.0 Å². The summed E-state index contributed by atoms with van der Waals surface area (Å²) in [5.41, 5.74) is 1.64. The van der Waals surface area contributed by atoms with Crippen LogP contribution in [-0.2, 0) is 19.1 Å². The number of carboxylic acids is 1. The van der Waals surface area contributed by atoms with Gasteiger partial charge in [0.15, 0.2) is 12.3 Å². The van der Waals surface area contributed by atoms with E-state index in [4.69, 9.17) is 14.2 Å². The highest BCUT2D eigenvalue weighted by atomic mass is 16.7. The monoisotopic (exact) mass is 738 g/mol. The van der Waals surface area contributed by atoms with Gasteiger partial charge in [-0.25, -0.2) is 4.79 Å². The van der Waals surface area contributed by atoms with Crippen molar-refractivity contribution in [2.24, 2.45) is 0 Å². The second kappa shape index (κ2) is 12.3. The molecule has 3 amide bonds. The van der Waals surface area contributed by atoms with Crippen LogP contribution < -0.4 is 10.2 Å². The van der Waals surface area contributed by atoms with Gasteiger partial charge in [0.2, 0.25) is 12.7 Å². The number of hydrogen-bond acceptors (Lipinski definition) is 15. The summed E-state index contributed by atoms with van der Waals surface area (Å²) in [4.78, 5) is 54.5. The number of para-hydroxylation sites is 2. The normalized spacial score (nSPS) is 30.4. The van der Waals surface area contributed by atoms with Crippen LogP contribution in [0.25, 0.3) is 43.6 Å². The lowest BCUT2D eigenvalue weighted by Gasteiger charge is -2.41. The molecular formula is C33H30N4O16. The third-order valence-corrected chi connectivity index (χ3v) is 9.98. The average Bonchev–Trinajstić information content (AvgIpc) is 3.77. The third kappa shape index (κ3) is 4.75. The fourth-order valence-corrected chi connectivity index (χ4v) is 7.56. The quantitative estimate of drug-likeness (QED) is 0.0614. The first kappa shape index (κ1) is 34.7. The van der Waals surface area contributed by atoms with Crippen LogP contribution in [0.15, 0.2) is 36.4 Å². The first-order chi connectivity index (χ1) is 25.3. The number of aliphatic hydroxyl groups excluding tert-OH is 7. The average molecular weight is 739 g/mol. The molecule has 2 fully saturated rings. The van der Waals surface area contributed by atoms with Gasteiger partial charge in [-0.15, -0.1) is 0 Å². The number of amides is 3. The molecule has 20 nitrogen and oxygen atoms in total. The number of benzene rings is 3. The predicted molar refractivity (Wildman–Crippen MR) is 174 cm³/mol. The number of carbonyl (C=O) groups excluding carboxylic acids is 3. The number of aliphatic carboxylic acids is 1. The van der Waals surface area contributed by atoms with Gasteiger partial charge < -0.3 is 69.7 Å². The maximum atomic E-state index is 14.0. The van der Waals surface area contributed by atoms with Gasteiger partial charge in [-0.2, -0.15) is 5.01 Å². The van der Waals surface area contributed by atoms with E-state index in [0.29, 0.717) is 5.01 Å². The minimum atomic E-state index is -2.01. The molecule has 20 heteroatoms. The number of H-pyrrole nitrogens is 1. The predicted octanol–water partition coefficient (Wildman–Crippen LogP) is -2.36.